The van der Waals surface area contributed by atoms with Gasteiger partial charge in [-0.1, -0.05) is 0 Å². The van der Waals surface area contributed by atoms with Crippen LogP contribution in [0.25, 0.3) is 0 Å². The van der Waals surface area contributed by atoms with Crippen LogP contribution in [0.15, 0.2) is 18.2 Å². The van der Waals surface area contributed by atoms with Crippen molar-refractivity contribution in [1.29, 1.82) is 5.26 Å². The molecule has 1 aromatic rings. The predicted octanol–water partition coefficient (Wildman–Crippen LogP) is 2.45. The lowest BCUT2D eigenvalue weighted by Crippen LogP contribution is -2.32. The molecule has 0 aliphatic carbocycles. The van der Waals surface area contributed by atoms with Crippen molar-refractivity contribution in [3.63, 3.8) is 0 Å². The second-order valence-corrected chi connectivity index (χ2v) is 4.86. The summed E-state index contributed by atoms with van der Waals surface area (Å²) in [4.78, 5) is 10.3. The first kappa shape index (κ1) is 13.3. The Bertz CT molecular complexity index is 530. The van der Waals surface area contributed by atoms with Crippen LogP contribution in [-0.2, 0) is 4.74 Å². The highest BCUT2D eigenvalue weighted by Crippen LogP contribution is 2.27. The van der Waals surface area contributed by atoms with Gasteiger partial charge in [0.1, 0.15) is 11.6 Å². The van der Waals surface area contributed by atoms with Gasteiger partial charge in [0.15, 0.2) is 0 Å². The lowest BCUT2D eigenvalue weighted by atomic mass is 10.0. The lowest BCUT2D eigenvalue weighted by molar-refractivity contribution is -0.385. The van der Waals surface area contributed by atoms with E-state index in [0.717, 1.165) is 19.4 Å². The monoisotopic (exact) mass is 261 g/mol. The number of nitrogens with one attached hydrogen (secondary N) is 1. The number of benzene rings is 1. The number of nitriles is 1. The summed E-state index contributed by atoms with van der Waals surface area (Å²) in [6.07, 6.45) is 2.00. The summed E-state index contributed by atoms with van der Waals surface area (Å²) in [5.74, 6) is 0. The molecule has 2 rings (SSSR count). The van der Waals surface area contributed by atoms with E-state index in [1.54, 1.807) is 6.07 Å². The molecule has 1 atom stereocenters. The Hall–Kier alpha value is -2.13. The number of nitro benzene ring substituents is 1. The van der Waals surface area contributed by atoms with E-state index < -0.39 is 4.92 Å². The Kier molecular flexibility index (Phi) is 3.67. The first-order valence-electron chi connectivity index (χ1n) is 6.10. The largest absolute Gasteiger partial charge is 0.382 e. The average molecular weight is 261 g/mol. The maximum Gasteiger partial charge on any atom is 0.289 e. The van der Waals surface area contributed by atoms with Crippen LogP contribution in [0.3, 0.4) is 0 Å². The molecule has 0 amide bonds. The minimum Gasteiger partial charge on any atom is -0.382 e. The zero-order valence-corrected chi connectivity index (χ0v) is 10.7. The van der Waals surface area contributed by atoms with E-state index in [9.17, 15) is 10.1 Å². The van der Waals surface area contributed by atoms with Gasteiger partial charge in [0.25, 0.3) is 5.69 Å². The quantitative estimate of drug-likeness (QED) is 0.664. The SMILES string of the molecule is CC1(CNc2ccc(C#N)c([N+](=O)[O-])c2)CCCO1. The molecule has 1 N–H and O–H groups in total. The minimum absolute atomic E-state index is 0.0684. The van der Waals surface area contributed by atoms with Crippen molar-refractivity contribution >= 4 is 11.4 Å². The maximum atomic E-state index is 10.9. The zero-order valence-electron chi connectivity index (χ0n) is 10.7. The summed E-state index contributed by atoms with van der Waals surface area (Å²) in [6, 6.07) is 6.33. The predicted molar refractivity (Wildman–Crippen MR) is 69.9 cm³/mol. The van der Waals surface area contributed by atoms with Gasteiger partial charge in [-0.05, 0) is 31.9 Å². The molecule has 1 aliphatic rings. The van der Waals surface area contributed by atoms with Gasteiger partial charge >= 0.3 is 0 Å². The van der Waals surface area contributed by atoms with Gasteiger partial charge in [0.2, 0.25) is 0 Å². The number of ether oxygens (including phenoxy) is 1. The van der Waals surface area contributed by atoms with E-state index in [0.29, 0.717) is 12.2 Å². The maximum absolute atomic E-state index is 10.9. The summed E-state index contributed by atoms with van der Waals surface area (Å²) >= 11 is 0. The molecular formula is C13H15N3O3. The van der Waals surface area contributed by atoms with Crippen molar-refractivity contribution in [1.82, 2.24) is 0 Å². The molecule has 1 heterocycles. The lowest BCUT2D eigenvalue weighted by Gasteiger charge is -2.23. The van der Waals surface area contributed by atoms with E-state index in [2.05, 4.69) is 5.32 Å². The van der Waals surface area contributed by atoms with Crippen molar-refractivity contribution in [2.75, 3.05) is 18.5 Å². The summed E-state index contributed by atoms with van der Waals surface area (Å²) in [7, 11) is 0. The van der Waals surface area contributed by atoms with Gasteiger partial charge in [-0.15, -0.1) is 0 Å². The number of hydrogen-bond acceptors (Lipinski definition) is 5. The van der Waals surface area contributed by atoms with Crippen LogP contribution in [0, 0.1) is 21.4 Å². The van der Waals surface area contributed by atoms with Crippen molar-refractivity contribution < 1.29 is 9.66 Å². The van der Waals surface area contributed by atoms with E-state index in [1.165, 1.54) is 12.1 Å². The van der Waals surface area contributed by atoms with Crippen LogP contribution in [0.2, 0.25) is 0 Å². The molecule has 1 aliphatic heterocycles. The van der Waals surface area contributed by atoms with Crippen molar-refractivity contribution in [3.8, 4) is 6.07 Å². The molecule has 6 nitrogen and oxygen atoms in total. The Morgan fingerprint density at radius 3 is 3.00 bits per heavy atom. The van der Waals surface area contributed by atoms with E-state index in [-0.39, 0.29) is 16.9 Å². The molecule has 0 bridgehead atoms. The van der Waals surface area contributed by atoms with Gasteiger partial charge in [0, 0.05) is 24.9 Å². The number of hydrogen-bond donors (Lipinski definition) is 1. The average Bonchev–Trinajstić information content (AvgIpc) is 2.83. The molecule has 1 fully saturated rings. The van der Waals surface area contributed by atoms with Crippen molar-refractivity contribution in [3.05, 3.63) is 33.9 Å². The van der Waals surface area contributed by atoms with Crippen LogP contribution in [0.5, 0.6) is 0 Å². The van der Waals surface area contributed by atoms with Crippen molar-refractivity contribution in [2.45, 2.75) is 25.4 Å². The van der Waals surface area contributed by atoms with E-state index in [1.807, 2.05) is 13.0 Å². The molecule has 19 heavy (non-hydrogen) atoms. The smallest absolute Gasteiger partial charge is 0.289 e. The van der Waals surface area contributed by atoms with E-state index in [4.69, 9.17) is 10.00 Å². The first-order chi connectivity index (χ1) is 9.04. The summed E-state index contributed by atoms with van der Waals surface area (Å²) in [6.45, 7) is 3.37. The molecule has 1 unspecified atom stereocenters. The molecule has 6 heteroatoms. The molecule has 0 spiro atoms. The Morgan fingerprint density at radius 2 is 2.42 bits per heavy atom. The topological polar surface area (TPSA) is 88.2 Å². The second-order valence-electron chi connectivity index (χ2n) is 4.86. The van der Waals surface area contributed by atoms with Gasteiger partial charge in [-0.2, -0.15) is 5.26 Å². The molecule has 0 saturated carbocycles. The highest BCUT2D eigenvalue weighted by atomic mass is 16.6. The Morgan fingerprint density at radius 1 is 1.63 bits per heavy atom. The molecular weight excluding hydrogens is 246 g/mol. The van der Waals surface area contributed by atoms with Crippen LogP contribution >= 0.6 is 0 Å². The Balaban J connectivity index is 2.11. The number of nitrogens with zero attached hydrogens (tertiary/aromatic N) is 2. The summed E-state index contributed by atoms with van der Waals surface area (Å²) in [5, 5.41) is 22.8. The summed E-state index contributed by atoms with van der Waals surface area (Å²) in [5.41, 5.74) is 0.300. The number of nitro groups is 1. The van der Waals surface area contributed by atoms with Gasteiger partial charge in [-0.25, -0.2) is 0 Å². The molecule has 0 aromatic heterocycles. The molecule has 100 valence electrons. The summed E-state index contributed by atoms with van der Waals surface area (Å²) < 4.78 is 5.64. The van der Waals surface area contributed by atoms with Crippen LogP contribution in [0.1, 0.15) is 25.3 Å². The fraction of sp³-hybridized carbons (Fsp3) is 0.462. The zero-order chi connectivity index (χ0) is 13.9. The molecule has 1 aromatic carbocycles. The van der Waals surface area contributed by atoms with Crippen LogP contribution < -0.4 is 5.32 Å². The van der Waals surface area contributed by atoms with Gasteiger partial charge < -0.3 is 10.1 Å². The van der Waals surface area contributed by atoms with Crippen molar-refractivity contribution in [2.24, 2.45) is 0 Å². The molecule has 0 radical (unpaired) electrons. The highest BCUT2D eigenvalue weighted by molar-refractivity contribution is 5.59. The van der Waals surface area contributed by atoms with Crippen LogP contribution in [0.4, 0.5) is 11.4 Å². The number of anilines is 1. The highest BCUT2D eigenvalue weighted by Gasteiger charge is 2.29. The van der Waals surface area contributed by atoms with Gasteiger partial charge in [0.05, 0.1) is 10.5 Å². The Labute approximate surface area is 111 Å². The fourth-order valence-electron chi connectivity index (χ4n) is 2.15. The normalized spacial score (nSPS) is 21.9. The first-order valence-corrected chi connectivity index (χ1v) is 6.10. The van der Waals surface area contributed by atoms with E-state index >= 15 is 0 Å². The second kappa shape index (κ2) is 5.24. The molecule has 1 saturated heterocycles. The standard InChI is InChI=1S/C13H15N3O3/c1-13(5-2-6-19-13)9-15-11-4-3-10(8-14)12(7-11)16(17)18/h3-4,7,15H,2,5-6,9H2,1H3. The third kappa shape index (κ3) is 3.01. The fourth-order valence-corrected chi connectivity index (χ4v) is 2.15. The van der Waals surface area contributed by atoms with Crippen LogP contribution in [-0.4, -0.2) is 23.7 Å². The number of rotatable bonds is 4. The minimum atomic E-state index is -0.544. The third-order valence-electron chi connectivity index (χ3n) is 3.28. The third-order valence-corrected chi connectivity index (χ3v) is 3.28. The van der Waals surface area contributed by atoms with Gasteiger partial charge in [-0.3, -0.25) is 10.1 Å².